The van der Waals surface area contributed by atoms with Gasteiger partial charge in [-0.25, -0.2) is 8.42 Å². The average molecular weight is 279 g/mol. The lowest BCUT2D eigenvalue weighted by molar-refractivity contribution is 0.602. The van der Waals surface area contributed by atoms with Gasteiger partial charge >= 0.3 is 0 Å². The van der Waals surface area contributed by atoms with E-state index in [-0.39, 0.29) is 5.75 Å². The Kier molecular flexibility index (Phi) is 3.90. The fourth-order valence-electron chi connectivity index (χ4n) is 1.64. The van der Waals surface area contributed by atoms with Crippen LogP contribution in [-0.4, -0.2) is 24.0 Å². The topological polar surface area (TPSA) is 64.0 Å². The quantitative estimate of drug-likeness (QED) is 0.910. The largest absolute Gasteiger partial charge is 0.280 e. The van der Waals surface area contributed by atoms with Crippen LogP contribution in [0, 0.1) is 6.92 Å². The summed E-state index contributed by atoms with van der Waals surface area (Å²) in [6, 6.07) is 8.15. The van der Waals surface area contributed by atoms with Crippen molar-refractivity contribution in [2.45, 2.75) is 20.4 Å². The lowest BCUT2D eigenvalue weighted by Crippen LogP contribution is -2.14. The zero-order valence-electron chi connectivity index (χ0n) is 11.0. The molecule has 2 rings (SSSR count). The molecule has 0 aliphatic heterocycles. The standard InChI is InChI=1S/C13H17N3O2S/c1-3-19(17,18)15-13-8-14-16(10-13)9-12-6-4-11(2)5-7-12/h4-8,10,15H,3,9H2,1-2H3. The monoisotopic (exact) mass is 279 g/mol. The van der Waals surface area contributed by atoms with Gasteiger partial charge in [-0.3, -0.25) is 9.40 Å². The predicted octanol–water partition coefficient (Wildman–Crippen LogP) is 2.00. The van der Waals surface area contributed by atoms with E-state index in [0.29, 0.717) is 12.2 Å². The summed E-state index contributed by atoms with van der Waals surface area (Å²) in [4.78, 5) is 0. The Hall–Kier alpha value is -1.82. The first-order chi connectivity index (χ1) is 8.98. The third kappa shape index (κ3) is 3.82. The minimum absolute atomic E-state index is 0.0517. The number of aryl methyl sites for hydroxylation is 1. The second kappa shape index (κ2) is 5.44. The third-order valence-electron chi connectivity index (χ3n) is 2.75. The van der Waals surface area contributed by atoms with Crippen molar-refractivity contribution < 1.29 is 8.42 Å². The van der Waals surface area contributed by atoms with Crippen LogP contribution in [0.1, 0.15) is 18.1 Å². The molecule has 1 N–H and O–H groups in total. The van der Waals surface area contributed by atoms with Crippen LogP contribution >= 0.6 is 0 Å². The summed E-state index contributed by atoms with van der Waals surface area (Å²) in [5.41, 5.74) is 2.83. The minimum atomic E-state index is -3.24. The van der Waals surface area contributed by atoms with Crippen LogP contribution in [0.2, 0.25) is 0 Å². The Morgan fingerprint density at radius 3 is 2.58 bits per heavy atom. The molecule has 2 aromatic rings. The van der Waals surface area contributed by atoms with E-state index in [1.807, 2.05) is 31.2 Å². The number of hydrogen-bond acceptors (Lipinski definition) is 3. The fraction of sp³-hybridized carbons (Fsp3) is 0.308. The molecule has 5 nitrogen and oxygen atoms in total. The number of nitrogens with zero attached hydrogens (tertiary/aromatic N) is 2. The van der Waals surface area contributed by atoms with Crippen LogP contribution < -0.4 is 4.72 Å². The Morgan fingerprint density at radius 2 is 1.95 bits per heavy atom. The normalized spacial score (nSPS) is 11.5. The fourth-order valence-corrected chi connectivity index (χ4v) is 2.24. The molecule has 0 aliphatic carbocycles. The molecule has 0 radical (unpaired) electrons. The number of benzene rings is 1. The first kappa shape index (κ1) is 13.6. The summed E-state index contributed by atoms with van der Waals surface area (Å²) >= 11 is 0. The highest BCUT2D eigenvalue weighted by atomic mass is 32.2. The maximum Gasteiger partial charge on any atom is 0.232 e. The molecule has 0 bridgehead atoms. The Bertz CT molecular complexity index is 645. The molecule has 0 saturated carbocycles. The molecule has 1 aromatic carbocycles. The number of sulfonamides is 1. The molecular weight excluding hydrogens is 262 g/mol. The van der Waals surface area contributed by atoms with E-state index in [2.05, 4.69) is 9.82 Å². The number of nitrogens with one attached hydrogen (secondary N) is 1. The second-order valence-corrected chi connectivity index (χ2v) is 6.43. The summed E-state index contributed by atoms with van der Waals surface area (Å²) in [6.45, 7) is 4.25. The molecule has 0 spiro atoms. The summed E-state index contributed by atoms with van der Waals surface area (Å²) < 4.78 is 27.0. The van der Waals surface area contributed by atoms with Crippen molar-refractivity contribution in [2.75, 3.05) is 10.5 Å². The number of rotatable bonds is 5. The van der Waals surface area contributed by atoms with Gasteiger partial charge in [0.1, 0.15) is 0 Å². The van der Waals surface area contributed by atoms with Crippen molar-refractivity contribution in [3.8, 4) is 0 Å². The SMILES string of the molecule is CCS(=O)(=O)Nc1cnn(Cc2ccc(C)cc2)c1. The van der Waals surface area contributed by atoms with E-state index in [9.17, 15) is 8.42 Å². The lowest BCUT2D eigenvalue weighted by Gasteiger charge is -2.03. The minimum Gasteiger partial charge on any atom is -0.280 e. The second-order valence-electron chi connectivity index (χ2n) is 4.42. The molecule has 0 fully saturated rings. The van der Waals surface area contributed by atoms with Gasteiger partial charge in [0.05, 0.1) is 24.2 Å². The maximum atomic E-state index is 11.4. The maximum absolute atomic E-state index is 11.4. The van der Waals surface area contributed by atoms with Gasteiger partial charge in [0, 0.05) is 6.20 Å². The van der Waals surface area contributed by atoms with Gasteiger partial charge in [0.25, 0.3) is 0 Å². The summed E-state index contributed by atoms with van der Waals surface area (Å²) in [5.74, 6) is 0.0517. The summed E-state index contributed by atoms with van der Waals surface area (Å²) in [5, 5.41) is 4.14. The highest BCUT2D eigenvalue weighted by Gasteiger charge is 2.08. The van der Waals surface area contributed by atoms with Crippen molar-refractivity contribution in [2.24, 2.45) is 0 Å². The van der Waals surface area contributed by atoms with Gasteiger partial charge in [-0.05, 0) is 19.4 Å². The van der Waals surface area contributed by atoms with Crippen molar-refractivity contribution >= 4 is 15.7 Å². The Balaban J connectivity index is 2.07. The highest BCUT2D eigenvalue weighted by Crippen LogP contribution is 2.10. The van der Waals surface area contributed by atoms with Crippen molar-refractivity contribution in [1.29, 1.82) is 0 Å². The molecular formula is C13H17N3O2S. The molecule has 1 aromatic heterocycles. The van der Waals surface area contributed by atoms with Gasteiger partial charge < -0.3 is 0 Å². The van der Waals surface area contributed by atoms with Crippen LogP contribution in [0.4, 0.5) is 5.69 Å². The van der Waals surface area contributed by atoms with E-state index in [4.69, 9.17) is 0 Å². The molecule has 0 unspecified atom stereocenters. The van der Waals surface area contributed by atoms with Crippen molar-refractivity contribution in [3.63, 3.8) is 0 Å². The molecule has 102 valence electrons. The van der Waals surface area contributed by atoms with Crippen LogP contribution in [0.3, 0.4) is 0 Å². The summed E-state index contributed by atoms with van der Waals surface area (Å²) in [6.07, 6.45) is 3.20. The summed E-state index contributed by atoms with van der Waals surface area (Å²) in [7, 11) is -3.24. The average Bonchev–Trinajstić information content (AvgIpc) is 2.79. The third-order valence-corrected chi connectivity index (χ3v) is 4.06. The van der Waals surface area contributed by atoms with Crippen LogP contribution in [-0.2, 0) is 16.6 Å². The number of hydrogen-bond donors (Lipinski definition) is 1. The number of anilines is 1. The lowest BCUT2D eigenvalue weighted by atomic mass is 10.1. The molecule has 0 aliphatic rings. The van der Waals surface area contributed by atoms with Gasteiger partial charge in [-0.15, -0.1) is 0 Å². The van der Waals surface area contributed by atoms with E-state index >= 15 is 0 Å². The first-order valence-corrected chi connectivity index (χ1v) is 7.72. The molecule has 0 saturated heterocycles. The van der Waals surface area contributed by atoms with Crippen molar-refractivity contribution in [3.05, 3.63) is 47.8 Å². The molecule has 19 heavy (non-hydrogen) atoms. The van der Waals surface area contributed by atoms with Crippen LogP contribution in [0.25, 0.3) is 0 Å². The van der Waals surface area contributed by atoms with E-state index in [1.165, 1.54) is 11.8 Å². The zero-order valence-corrected chi connectivity index (χ0v) is 11.8. The van der Waals surface area contributed by atoms with Gasteiger partial charge in [-0.1, -0.05) is 29.8 Å². The zero-order chi connectivity index (χ0) is 13.9. The van der Waals surface area contributed by atoms with Crippen molar-refractivity contribution in [1.82, 2.24) is 9.78 Å². The molecule has 1 heterocycles. The first-order valence-electron chi connectivity index (χ1n) is 6.07. The smallest absolute Gasteiger partial charge is 0.232 e. The Morgan fingerprint density at radius 1 is 1.26 bits per heavy atom. The number of aromatic nitrogens is 2. The highest BCUT2D eigenvalue weighted by molar-refractivity contribution is 7.92. The van der Waals surface area contributed by atoms with Gasteiger partial charge in [-0.2, -0.15) is 5.10 Å². The van der Waals surface area contributed by atoms with E-state index in [0.717, 1.165) is 5.56 Å². The molecule has 0 atom stereocenters. The van der Waals surface area contributed by atoms with Crippen LogP contribution in [0.15, 0.2) is 36.7 Å². The molecule has 0 amide bonds. The van der Waals surface area contributed by atoms with E-state index < -0.39 is 10.0 Å². The van der Waals surface area contributed by atoms with Crippen LogP contribution in [0.5, 0.6) is 0 Å². The van der Waals surface area contributed by atoms with Gasteiger partial charge in [0.15, 0.2) is 0 Å². The Labute approximate surface area is 113 Å². The van der Waals surface area contributed by atoms with Gasteiger partial charge in [0.2, 0.25) is 10.0 Å². The molecule has 6 heteroatoms. The van der Waals surface area contributed by atoms with E-state index in [1.54, 1.807) is 17.8 Å². The predicted molar refractivity (Wildman–Crippen MR) is 75.6 cm³/mol.